The largest absolute Gasteiger partial charge is 0.281 e. The molecule has 0 saturated carbocycles. The summed E-state index contributed by atoms with van der Waals surface area (Å²) < 4.78 is 0. The Kier molecular flexibility index (Phi) is 2.36. The van der Waals surface area contributed by atoms with Gasteiger partial charge in [0.25, 0.3) is 0 Å². The van der Waals surface area contributed by atoms with E-state index >= 15 is 0 Å². The smallest absolute Gasteiger partial charge is 0.222 e. The molecule has 0 bridgehead atoms. The molecular formula is C11H11ClO. The van der Waals surface area contributed by atoms with Crippen molar-refractivity contribution >= 4 is 16.8 Å². The highest BCUT2D eigenvalue weighted by Crippen LogP contribution is 2.35. The van der Waals surface area contributed by atoms with E-state index in [1.165, 1.54) is 11.1 Å². The van der Waals surface area contributed by atoms with Crippen molar-refractivity contribution in [3.63, 3.8) is 0 Å². The number of carbonyl (C=O) groups excluding carboxylic acids is 1. The summed E-state index contributed by atoms with van der Waals surface area (Å²) in [6.45, 7) is 0. The molecule has 0 aromatic heterocycles. The summed E-state index contributed by atoms with van der Waals surface area (Å²) in [5.74, 6) is 0.362. The quantitative estimate of drug-likeness (QED) is 0.662. The third kappa shape index (κ3) is 1.75. The van der Waals surface area contributed by atoms with Crippen LogP contribution in [0.15, 0.2) is 24.3 Å². The monoisotopic (exact) mass is 194 g/mol. The maximum absolute atomic E-state index is 10.8. The summed E-state index contributed by atoms with van der Waals surface area (Å²) in [5, 5.41) is -0.221. The van der Waals surface area contributed by atoms with E-state index < -0.39 is 0 Å². The molecule has 1 aromatic rings. The van der Waals surface area contributed by atoms with Crippen molar-refractivity contribution < 1.29 is 4.79 Å². The summed E-state index contributed by atoms with van der Waals surface area (Å²) in [6, 6.07) is 8.31. The zero-order chi connectivity index (χ0) is 9.26. The molecule has 0 saturated heterocycles. The standard InChI is InChI=1S/C11H11ClO/c12-11(13)7-9-6-5-8-3-1-2-4-10(8)9/h1-4,9H,5-7H2/t9-/m1/s1. The van der Waals surface area contributed by atoms with E-state index in [1.54, 1.807) is 0 Å². The maximum Gasteiger partial charge on any atom is 0.222 e. The summed E-state index contributed by atoms with van der Waals surface area (Å²) >= 11 is 5.39. The second kappa shape index (κ2) is 3.51. The molecule has 0 N–H and O–H groups in total. The zero-order valence-electron chi connectivity index (χ0n) is 7.29. The highest BCUT2D eigenvalue weighted by atomic mass is 35.5. The first kappa shape index (κ1) is 8.76. The minimum absolute atomic E-state index is 0.221. The van der Waals surface area contributed by atoms with Gasteiger partial charge < -0.3 is 0 Å². The molecule has 0 heterocycles. The predicted octanol–water partition coefficient (Wildman–Crippen LogP) is 2.87. The first-order valence-electron chi connectivity index (χ1n) is 4.53. The molecule has 0 fully saturated rings. The lowest BCUT2D eigenvalue weighted by atomic mass is 9.99. The van der Waals surface area contributed by atoms with Gasteiger partial charge >= 0.3 is 0 Å². The van der Waals surface area contributed by atoms with Crippen molar-refractivity contribution in [2.45, 2.75) is 25.2 Å². The van der Waals surface area contributed by atoms with Crippen molar-refractivity contribution in [3.8, 4) is 0 Å². The van der Waals surface area contributed by atoms with Gasteiger partial charge in [-0.05, 0) is 41.5 Å². The van der Waals surface area contributed by atoms with Gasteiger partial charge in [-0.3, -0.25) is 4.79 Å². The molecule has 2 heteroatoms. The second-order valence-electron chi connectivity index (χ2n) is 3.49. The fraction of sp³-hybridized carbons (Fsp3) is 0.364. The number of benzene rings is 1. The molecule has 2 rings (SSSR count). The first-order chi connectivity index (χ1) is 6.27. The summed E-state index contributed by atoms with van der Waals surface area (Å²) in [6.07, 6.45) is 2.64. The van der Waals surface area contributed by atoms with Crippen LogP contribution in [0.3, 0.4) is 0 Å². The number of rotatable bonds is 2. The van der Waals surface area contributed by atoms with Crippen LogP contribution in [0.1, 0.15) is 29.9 Å². The molecule has 68 valence electrons. The van der Waals surface area contributed by atoms with E-state index in [1.807, 2.05) is 12.1 Å². The number of carbonyl (C=O) groups is 1. The Hall–Kier alpha value is -0.820. The number of fused-ring (bicyclic) bond motifs is 1. The molecule has 1 aromatic carbocycles. The van der Waals surface area contributed by atoms with E-state index in [-0.39, 0.29) is 5.24 Å². The first-order valence-corrected chi connectivity index (χ1v) is 4.91. The normalized spacial score (nSPS) is 19.9. The number of hydrogen-bond acceptors (Lipinski definition) is 1. The molecule has 0 spiro atoms. The fourth-order valence-corrected chi connectivity index (χ4v) is 2.24. The predicted molar refractivity (Wildman–Crippen MR) is 53.0 cm³/mol. The molecule has 13 heavy (non-hydrogen) atoms. The van der Waals surface area contributed by atoms with Crippen LogP contribution in [0.5, 0.6) is 0 Å². The highest BCUT2D eigenvalue weighted by Gasteiger charge is 2.23. The van der Waals surface area contributed by atoms with Gasteiger partial charge in [0.05, 0.1) is 0 Å². The van der Waals surface area contributed by atoms with Crippen molar-refractivity contribution in [1.29, 1.82) is 0 Å². The number of hydrogen-bond donors (Lipinski definition) is 0. The van der Waals surface area contributed by atoms with Crippen LogP contribution in [-0.4, -0.2) is 5.24 Å². The third-order valence-corrected chi connectivity index (χ3v) is 2.82. The Bertz CT molecular complexity index is 333. The Morgan fingerprint density at radius 3 is 3.00 bits per heavy atom. The SMILES string of the molecule is O=C(Cl)C[C@H]1CCc2ccccc21. The van der Waals surface area contributed by atoms with Gasteiger partial charge in [-0.15, -0.1) is 0 Å². The Balaban J connectivity index is 2.23. The summed E-state index contributed by atoms with van der Waals surface area (Å²) in [5.41, 5.74) is 2.70. The molecule has 0 aliphatic heterocycles. The van der Waals surface area contributed by atoms with Gasteiger partial charge in [0, 0.05) is 6.42 Å². The number of halogens is 1. The molecule has 1 aliphatic rings. The molecule has 1 aliphatic carbocycles. The molecule has 1 atom stereocenters. The Labute approximate surface area is 82.7 Å². The van der Waals surface area contributed by atoms with Gasteiger partial charge in [-0.1, -0.05) is 24.3 Å². The molecule has 0 unspecified atom stereocenters. The summed E-state index contributed by atoms with van der Waals surface area (Å²) in [7, 11) is 0. The Morgan fingerprint density at radius 2 is 2.23 bits per heavy atom. The fourth-order valence-electron chi connectivity index (χ4n) is 2.05. The maximum atomic E-state index is 10.8. The van der Waals surface area contributed by atoms with Gasteiger partial charge in [0.15, 0.2) is 0 Å². The van der Waals surface area contributed by atoms with Crippen LogP contribution in [0, 0.1) is 0 Å². The summed E-state index contributed by atoms with van der Waals surface area (Å²) in [4.78, 5) is 10.8. The van der Waals surface area contributed by atoms with Crippen molar-refractivity contribution in [2.75, 3.05) is 0 Å². The van der Waals surface area contributed by atoms with E-state index in [0.717, 1.165) is 12.8 Å². The van der Waals surface area contributed by atoms with E-state index in [0.29, 0.717) is 12.3 Å². The lowest BCUT2D eigenvalue weighted by molar-refractivity contribution is -0.112. The minimum atomic E-state index is -0.221. The van der Waals surface area contributed by atoms with E-state index in [9.17, 15) is 4.79 Å². The average molecular weight is 195 g/mol. The Morgan fingerprint density at radius 1 is 1.46 bits per heavy atom. The van der Waals surface area contributed by atoms with E-state index in [4.69, 9.17) is 11.6 Å². The molecule has 1 nitrogen and oxygen atoms in total. The molecule has 0 amide bonds. The van der Waals surface area contributed by atoms with Crippen LogP contribution >= 0.6 is 11.6 Å². The van der Waals surface area contributed by atoms with Gasteiger partial charge in [0.2, 0.25) is 5.24 Å². The van der Waals surface area contributed by atoms with Crippen LogP contribution in [0.4, 0.5) is 0 Å². The van der Waals surface area contributed by atoms with Crippen molar-refractivity contribution in [2.24, 2.45) is 0 Å². The lowest BCUT2D eigenvalue weighted by Gasteiger charge is -2.07. The van der Waals surface area contributed by atoms with E-state index in [2.05, 4.69) is 12.1 Å². The topological polar surface area (TPSA) is 17.1 Å². The second-order valence-corrected chi connectivity index (χ2v) is 3.92. The molecule has 0 radical (unpaired) electrons. The van der Waals surface area contributed by atoms with Crippen LogP contribution < -0.4 is 0 Å². The van der Waals surface area contributed by atoms with Gasteiger partial charge in [-0.25, -0.2) is 0 Å². The van der Waals surface area contributed by atoms with Crippen LogP contribution in [0.2, 0.25) is 0 Å². The van der Waals surface area contributed by atoms with Crippen LogP contribution in [0.25, 0.3) is 0 Å². The number of aryl methyl sites for hydroxylation is 1. The van der Waals surface area contributed by atoms with Crippen molar-refractivity contribution in [1.82, 2.24) is 0 Å². The van der Waals surface area contributed by atoms with Crippen LogP contribution in [-0.2, 0) is 11.2 Å². The van der Waals surface area contributed by atoms with Gasteiger partial charge in [0.1, 0.15) is 0 Å². The third-order valence-electron chi connectivity index (χ3n) is 2.66. The zero-order valence-corrected chi connectivity index (χ0v) is 8.05. The lowest BCUT2D eigenvalue weighted by Crippen LogP contribution is -1.98. The average Bonchev–Trinajstić information content (AvgIpc) is 2.48. The van der Waals surface area contributed by atoms with Crippen molar-refractivity contribution in [3.05, 3.63) is 35.4 Å². The minimum Gasteiger partial charge on any atom is -0.281 e. The highest BCUT2D eigenvalue weighted by molar-refractivity contribution is 6.63. The molecular weight excluding hydrogens is 184 g/mol. The van der Waals surface area contributed by atoms with Gasteiger partial charge in [-0.2, -0.15) is 0 Å².